The maximum atomic E-state index is 4.30. The van der Waals surface area contributed by atoms with Gasteiger partial charge in [0.05, 0.1) is 0 Å². The van der Waals surface area contributed by atoms with Crippen LogP contribution in [0.1, 0.15) is 0 Å². The highest BCUT2D eigenvalue weighted by Gasteiger charge is 2.02. The van der Waals surface area contributed by atoms with E-state index in [0.717, 1.165) is 17.4 Å². The molecule has 0 atom stereocenters. The Hall–Kier alpha value is 1.26. The quantitative estimate of drug-likeness (QED) is 0.383. The zero-order valence-corrected chi connectivity index (χ0v) is 11.0. The van der Waals surface area contributed by atoms with E-state index >= 15 is 0 Å². The largest absolute Gasteiger partial charge is 0.141 e. The molecule has 0 saturated carbocycles. The predicted octanol–water partition coefficient (Wildman–Crippen LogP) is 4.10. The summed E-state index contributed by atoms with van der Waals surface area (Å²) in [5.74, 6) is 0. The molecule has 1 rings (SSSR count). The summed E-state index contributed by atoms with van der Waals surface area (Å²) in [6.07, 6.45) is 0. The first kappa shape index (κ1) is 9.35. The minimum atomic E-state index is 0.981. The Bertz CT molecular complexity index is 235. The Morgan fingerprint density at radius 1 is 1.20 bits per heavy atom. The van der Waals surface area contributed by atoms with Crippen LogP contribution in [0, 0.1) is 3.57 Å². The summed E-state index contributed by atoms with van der Waals surface area (Å²) in [6, 6.07) is 3.96. The highest BCUT2D eigenvalue weighted by Crippen LogP contribution is 2.31. The van der Waals surface area contributed by atoms with Gasteiger partial charge in [-0.1, -0.05) is 0 Å². The Morgan fingerprint density at radius 2 is 1.70 bits per heavy atom. The van der Waals surface area contributed by atoms with Crippen molar-refractivity contribution in [2.24, 2.45) is 0 Å². The molecule has 0 aliphatic heterocycles. The molecule has 0 unspecified atom stereocenters. The molecule has 4 heteroatoms. The molecule has 0 saturated heterocycles. The molecule has 0 heterocycles. The van der Waals surface area contributed by atoms with Gasteiger partial charge in [-0.2, -0.15) is 0 Å². The molecule has 1 aromatic carbocycles. The second-order valence-corrected chi connectivity index (χ2v) is 4.93. The van der Waals surface area contributed by atoms with Gasteiger partial charge in [0.1, 0.15) is 0 Å². The van der Waals surface area contributed by atoms with Crippen LogP contribution in [0.25, 0.3) is 0 Å². The Balaban J connectivity index is 3.34. The molecule has 0 aliphatic rings. The van der Waals surface area contributed by atoms with E-state index in [0.29, 0.717) is 0 Å². The van der Waals surface area contributed by atoms with Gasteiger partial charge in [-0.15, -0.1) is 12.6 Å². The Kier molecular flexibility index (Phi) is 3.53. The molecule has 1 aromatic rings. The molecule has 0 bridgehead atoms. The van der Waals surface area contributed by atoms with Crippen molar-refractivity contribution in [1.29, 1.82) is 0 Å². The highest BCUT2D eigenvalue weighted by molar-refractivity contribution is 14.1. The van der Waals surface area contributed by atoms with Crippen molar-refractivity contribution in [2.75, 3.05) is 0 Å². The first-order valence-electron chi connectivity index (χ1n) is 2.45. The lowest BCUT2D eigenvalue weighted by atomic mass is 10.4. The fraction of sp³-hybridized carbons (Fsp3) is 0. The molecular formula is C6H3Br2IS. The third-order valence-corrected chi connectivity index (χ3v) is 5.40. The van der Waals surface area contributed by atoms with Crippen LogP contribution in [0.2, 0.25) is 0 Å². The Morgan fingerprint density at radius 3 is 2.20 bits per heavy atom. The molecular weight excluding hydrogens is 391 g/mol. The lowest BCUT2D eigenvalue weighted by Crippen LogP contribution is -1.78. The summed E-state index contributed by atoms with van der Waals surface area (Å²) in [5, 5.41) is 0. The van der Waals surface area contributed by atoms with E-state index in [1.165, 1.54) is 0 Å². The monoisotopic (exact) mass is 392 g/mol. The van der Waals surface area contributed by atoms with Crippen molar-refractivity contribution in [3.05, 3.63) is 24.6 Å². The lowest BCUT2D eigenvalue weighted by Gasteiger charge is -2.01. The minimum absolute atomic E-state index is 0.981. The molecule has 0 amide bonds. The van der Waals surface area contributed by atoms with Gasteiger partial charge in [-0.3, -0.25) is 0 Å². The molecule has 54 valence electrons. The van der Waals surface area contributed by atoms with Gasteiger partial charge in [0.25, 0.3) is 0 Å². The maximum Gasteiger partial charge on any atom is 0.0417 e. The first-order chi connectivity index (χ1) is 4.63. The first-order valence-corrected chi connectivity index (χ1v) is 5.56. The summed E-state index contributed by atoms with van der Waals surface area (Å²) in [5.41, 5.74) is 0. The highest BCUT2D eigenvalue weighted by atomic mass is 127. The third kappa shape index (κ3) is 1.89. The van der Waals surface area contributed by atoms with Crippen LogP contribution in [0.5, 0.6) is 0 Å². The van der Waals surface area contributed by atoms with E-state index in [-0.39, 0.29) is 0 Å². The smallest absolute Gasteiger partial charge is 0.0417 e. The van der Waals surface area contributed by atoms with Crippen LogP contribution in [-0.2, 0) is 0 Å². The Labute approximate surface area is 95.6 Å². The van der Waals surface area contributed by atoms with E-state index in [1.54, 1.807) is 0 Å². The number of halogens is 3. The summed E-state index contributed by atoms with van der Waals surface area (Å²) >= 11 is 13.3. The molecule has 10 heavy (non-hydrogen) atoms. The van der Waals surface area contributed by atoms with E-state index < -0.39 is 0 Å². The van der Waals surface area contributed by atoms with E-state index in [1.807, 2.05) is 12.1 Å². The zero-order valence-electron chi connectivity index (χ0n) is 4.74. The second kappa shape index (κ2) is 3.78. The fourth-order valence-electron chi connectivity index (χ4n) is 0.516. The summed E-state index contributed by atoms with van der Waals surface area (Å²) < 4.78 is 3.25. The number of hydrogen-bond acceptors (Lipinski definition) is 1. The van der Waals surface area contributed by atoms with Gasteiger partial charge in [0, 0.05) is 17.4 Å². The number of thiol groups is 1. The van der Waals surface area contributed by atoms with Gasteiger partial charge < -0.3 is 0 Å². The van der Waals surface area contributed by atoms with Crippen molar-refractivity contribution in [3.63, 3.8) is 0 Å². The van der Waals surface area contributed by atoms with Gasteiger partial charge in [-0.05, 0) is 66.6 Å². The van der Waals surface area contributed by atoms with E-state index in [2.05, 4.69) is 67.1 Å². The standard InChI is InChI=1S/C6H3Br2IS/c7-3-1-2-4(8)6(10)5(3)9/h1-2,10H. The molecule has 0 aromatic heterocycles. The minimum Gasteiger partial charge on any atom is -0.141 e. The number of hydrogen-bond donors (Lipinski definition) is 1. The van der Waals surface area contributed by atoms with Gasteiger partial charge >= 0.3 is 0 Å². The summed E-state index contributed by atoms with van der Waals surface area (Å²) in [6.45, 7) is 0. The molecule has 0 radical (unpaired) electrons. The average molecular weight is 394 g/mol. The SMILES string of the molecule is Sc1c(Br)ccc(Br)c1I. The van der Waals surface area contributed by atoms with Crippen molar-refractivity contribution < 1.29 is 0 Å². The molecule has 0 aliphatic carbocycles. The predicted molar refractivity (Wildman–Crippen MR) is 61.8 cm³/mol. The number of benzene rings is 1. The number of rotatable bonds is 0. The molecule has 0 N–H and O–H groups in total. The average Bonchev–Trinajstić information content (AvgIpc) is 1.93. The fourth-order valence-corrected chi connectivity index (χ4v) is 2.37. The van der Waals surface area contributed by atoms with Crippen molar-refractivity contribution >= 4 is 67.1 Å². The lowest BCUT2D eigenvalue weighted by molar-refractivity contribution is 1.34. The normalized spacial score (nSPS) is 10.0. The maximum absolute atomic E-state index is 4.30. The van der Waals surface area contributed by atoms with Crippen molar-refractivity contribution in [3.8, 4) is 0 Å². The van der Waals surface area contributed by atoms with Crippen LogP contribution in [0.4, 0.5) is 0 Å². The van der Waals surface area contributed by atoms with Gasteiger partial charge in [0.2, 0.25) is 0 Å². The third-order valence-electron chi connectivity index (χ3n) is 1.02. The van der Waals surface area contributed by atoms with E-state index in [4.69, 9.17) is 0 Å². The topological polar surface area (TPSA) is 0 Å². The van der Waals surface area contributed by atoms with Crippen LogP contribution in [0.15, 0.2) is 26.0 Å². The second-order valence-electron chi connectivity index (χ2n) is 1.69. The molecule has 0 fully saturated rings. The van der Waals surface area contributed by atoms with E-state index in [9.17, 15) is 0 Å². The van der Waals surface area contributed by atoms with Crippen LogP contribution in [-0.4, -0.2) is 0 Å². The summed E-state index contributed by atoms with van der Waals surface area (Å²) in [7, 11) is 0. The van der Waals surface area contributed by atoms with Crippen molar-refractivity contribution in [1.82, 2.24) is 0 Å². The van der Waals surface area contributed by atoms with Crippen LogP contribution < -0.4 is 0 Å². The van der Waals surface area contributed by atoms with Crippen LogP contribution in [0.3, 0.4) is 0 Å². The van der Waals surface area contributed by atoms with Crippen molar-refractivity contribution in [2.45, 2.75) is 4.90 Å². The van der Waals surface area contributed by atoms with Crippen LogP contribution >= 0.6 is 67.1 Å². The van der Waals surface area contributed by atoms with Gasteiger partial charge in [-0.25, -0.2) is 0 Å². The molecule has 0 nitrogen and oxygen atoms in total. The van der Waals surface area contributed by atoms with Gasteiger partial charge in [0.15, 0.2) is 0 Å². The zero-order chi connectivity index (χ0) is 7.72. The summed E-state index contributed by atoms with van der Waals surface area (Å²) in [4.78, 5) is 0.981. The molecule has 0 spiro atoms.